The van der Waals surface area contributed by atoms with Gasteiger partial charge in [0.25, 0.3) is 0 Å². The van der Waals surface area contributed by atoms with Crippen molar-refractivity contribution < 1.29 is 0 Å². The summed E-state index contributed by atoms with van der Waals surface area (Å²) in [7, 11) is 0. The summed E-state index contributed by atoms with van der Waals surface area (Å²) in [6, 6.07) is 0. The van der Waals surface area contributed by atoms with Crippen molar-refractivity contribution in [1.29, 1.82) is 0 Å². The normalized spacial score (nSPS) is 36.2. The summed E-state index contributed by atoms with van der Waals surface area (Å²) >= 11 is 0. The molecule has 0 amide bonds. The average Bonchev–Trinajstić information content (AvgIpc) is 2.12. The highest BCUT2D eigenvalue weighted by atomic mass is 15.1. The smallest absolute Gasteiger partial charge is 0.00356 e. The molecule has 2 rings (SSSR count). The third kappa shape index (κ3) is 3.21. The molecule has 0 bridgehead atoms. The van der Waals surface area contributed by atoms with E-state index in [0.29, 0.717) is 5.41 Å². The maximum atomic E-state index is 3.57. The van der Waals surface area contributed by atoms with Gasteiger partial charge < -0.3 is 10.2 Å². The second-order valence-electron chi connectivity index (χ2n) is 6.73. The fourth-order valence-electron chi connectivity index (χ4n) is 3.27. The molecule has 2 nitrogen and oxygen atoms in total. The Morgan fingerprint density at radius 2 is 1.69 bits per heavy atom. The molecule has 2 atom stereocenters. The van der Waals surface area contributed by atoms with Crippen molar-refractivity contribution in [3.8, 4) is 0 Å². The Kier molecular flexibility index (Phi) is 3.91. The minimum absolute atomic E-state index is 0.645. The van der Waals surface area contributed by atoms with Crippen LogP contribution in [0.4, 0.5) is 0 Å². The number of nitrogens with zero attached hydrogens (tertiary/aromatic N) is 1. The first-order valence-electron chi connectivity index (χ1n) is 7.00. The highest BCUT2D eigenvalue weighted by Crippen LogP contribution is 2.41. The predicted molar refractivity (Wildman–Crippen MR) is 69.6 cm³/mol. The molecule has 0 aromatic heterocycles. The van der Waals surface area contributed by atoms with E-state index in [4.69, 9.17) is 0 Å². The van der Waals surface area contributed by atoms with E-state index in [1.165, 1.54) is 52.0 Å². The van der Waals surface area contributed by atoms with Crippen LogP contribution in [0.3, 0.4) is 0 Å². The van der Waals surface area contributed by atoms with Crippen LogP contribution in [0, 0.1) is 17.3 Å². The minimum Gasteiger partial charge on any atom is -0.316 e. The lowest BCUT2D eigenvalue weighted by atomic mass is 9.70. The number of nitrogens with one attached hydrogen (secondary N) is 1. The molecule has 16 heavy (non-hydrogen) atoms. The molecule has 0 aromatic carbocycles. The Morgan fingerprint density at radius 1 is 1.12 bits per heavy atom. The van der Waals surface area contributed by atoms with E-state index < -0.39 is 0 Å². The van der Waals surface area contributed by atoms with E-state index >= 15 is 0 Å². The van der Waals surface area contributed by atoms with Crippen LogP contribution in [0.5, 0.6) is 0 Å². The molecule has 0 aromatic rings. The number of hydrogen-bond acceptors (Lipinski definition) is 2. The van der Waals surface area contributed by atoms with Gasteiger partial charge in [0.15, 0.2) is 0 Å². The summed E-state index contributed by atoms with van der Waals surface area (Å²) in [5.74, 6) is 1.60. The molecule has 2 unspecified atom stereocenters. The van der Waals surface area contributed by atoms with E-state index in [9.17, 15) is 0 Å². The Balaban J connectivity index is 1.88. The summed E-state index contributed by atoms with van der Waals surface area (Å²) in [6.45, 7) is 13.5. The van der Waals surface area contributed by atoms with Gasteiger partial charge in [0.05, 0.1) is 0 Å². The SMILES string of the molecule is CC1CNCC(C)CN(CC2(C)CCC2)C1. The molecule has 1 saturated carbocycles. The van der Waals surface area contributed by atoms with Crippen LogP contribution in [0.2, 0.25) is 0 Å². The number of rotatable bonds is 2. The van der Waals surface area contributed by atoms with Gasteiger partial charge >= 0.3 is 0 Å². The topological polar surface area (TPSA) is 15.3 Å². The lowest BCUT2D eigenvalue weighted by molar-refractivity contribution is 0.0640. The molecule has 1 N–H and O–H groups in total. The van der Waals surface area contributed by atoms with Crippen LogP contribution in [-0.2, 0) is 0 Å². The molecular weight excluding hydrogens is 196 g/mol. The van der Waals surface area contributed by atoms with Crippen molar-refractivity contribution in [3.05, 3.63) is 0 Å². The van der Waals surface area contributed by atoms with Gasteiger partial charge in [-0.3, -0.25) is 0 Å². The fraction of sp³-hybridized carbons (Fsp3) is 1.00. The van der Waals surface area contributed by atoms with Crippen molar-refractivity contribution in [3.63, 3.8) is 0 Å². The lowest BCUT2D eigenvalue weighted by Crippen LogP contribution is -2.47. The molecular formula is C14H28N2. The summed E-state index contributed by atoms with van der Waals surface area (Å²) in [4.78, 5) is 2.73. The average molecular weight is 224 g/mol. The van der Waals surface area contributed by atoms with E-state index in [1.807, 2.05) is 0 Å². The van der Waals surface area contributed by atoms with Gasteiger partial charge in [-0.15, -0.1) is 0 Å². The second kappa shape index (κ2) is 5.05. The zero-order valence-electron chi connectivity index (χ0n) is 11.3. The van der Waals surface area contributed by atoms with Gasteiger partial charge in [-0.05, 0) is 43.2 Å². The van der Waals surface area contributed by atoms with E-state index in [0.717, 1.165) is 11.8 Å². The van der Waals surface area contributed by atoms with Gasteiger partial charge in [0, 0.05) is 19.6 Å². The summed E-state index contributed by atoms with van der Waals surface area (Å²) in [6.07, 6.45) is 4.35. The molecule has 1 aliphatic heterocycles. The van der Waals surface area contributed by atoms with E-state index in [1.54, 1.807) is 0 Å². The molecule has 0 spiro atoms. The first-order chi connectivity index (χ1) is 7.57. The fourth-order valence-corrected chi connectivity index (χ4v) is 3.27. The zero-order chi connectivity index (χ0) is 11.6. The van der Waals surface area contributed by atoms with Gasteiger partial charge in [0.2, 0.25) is 0 Å². The van der Waals surface area contributed by atoms with Crippen LogP contribution in [0.15, 0.2) is 0 Å². The van der Waals surface area contributed by atoms with Gasteiger partial charge in [0.1, 0.15) is 0 Å². The highest BCUT2D eigenvalue weighted by molar-refractivity contribution is 4.87. The standard InChI is InChI=1S/C14H28N2/c1-12-7-15-8-13(2)10-16(9-12)11-14(3)5-4-6-14/h12-13,15H,4-11H2,1-3H3. The summed E-state index contributed by atoms with van der Waals surface area (Å²) in [5, 5.41) is 3.57. The first-order valence-corrected chi connectivity index (χ1v) is 7.00. The Bertz CT molecular complexity index is 211. The van der Waals surface area contributed by atoms with Crippen molar-refractivity contribution in [2.24, 2.45) is 17.3 Å². The van der Waals surface area contributed by atoms with E-state index in [-0.39, 0.29) is 0 Å². The predicted octanol–water partition coefficient (Wildman–Crippen LogP) is 2.35. The minimum atomic E-state index is 0.645. The van der Waals surface area contributed by atoms with E-state index in [2.05, 4.69) is 31.0 Å². The van der Waals surface area contributed by atoms with Crippen molar-refractivity contribution in [2.45, 2.75) is 40.0 Å². The first kappa shape index (κ1) is 12.4. The molecule has 2 aliphatic rings. The van der Waals surface area contributed by atoms with Gasteiger partial charge in [-0.2, -0.15) is 0 Å². The molecule has 2 fully saturated rings. The summed E-state index contributed by atoms with van der Waals surface area (Å²) < 4.78 is 0. The molecule has 94 valence electrons. The monoisotopic (exact) mass is 224 g/mol. The number of hydrogen-bond donors (Lipinski definition) is 1. The van der Waals surface area contributed by atoms with Crippen molar-refractivity contribution in [2.75, 3.05) is 32.7 Å². The summed E-state index contributed by atoms with van der Waals surface area (Å²) in [5.41, 5.74) is 0.645. The van der Waals surface area contributed by atoms with Crippen LogP contribution in [-0.4, -0.2) is 37.6 Å². The maximum absolute atomic E-state index is 3.57. The third-order valence-electron chi connectivity index (χ3n) is 4.29. The quantitative estimate of drug-likeness (QED) is 0.774. The van der Waals surface area contributed by atoms with Crippen LogP contribution < -0.4 is 5.32 Å². The zero-order valence-corrected chi connectivity index (χ0v) is 11.3. The Hall–Kier alpha value is -0.0800. The molecule has 2 heteroatoms. The van der Waals surface area contributed by atoms with Crippen molar-refractivity contribution in [1.82, 2.24) is 10.2 Å². The lowest BCUT2D eigenvalue weighted by Gasteiger charge is -2.44. The third-order valence-corrected chi connectivity index (χ3v) is 4.29. The van der Waals surface area contributed by atoms with Crippen LogP contribution in [0.25, 0.3) is 0 Å². The van der Waals surface area contributed by atoms with Crippen LogP contribution >= 0.6 is 0 Å². The Labute approximate surface area is 101 Å². The largest absolute Gasteiger partial charge is 0.316 e. The maximum Gasteiger partial charge on any atom is 0.00356 e. The highest BCUT2D eigenvalue weighted by Gasteiger charge is 2.34. The molecule has 1 saturated heterocycles. The molecule has 1 aliphatic carbocycles. The second-order valence-corrected chi connectivity index (χ2v) is 6.73. The molecule has 1 heterocycles. The van der Waals surface area contributed by atoms with Gasteiger partial charge in [-0.25, -0.2) is 0 Å². The van der Waals surface area contributed by atoms with Gasteiger partial charge in [-0.1, -0.05) is 27.2 Å². The Morgan fingerprint density at radius 3 is 2.12 bits per heavy atom. The van der Waals surface area contributed by atoms with Crippen LogP contribution in [0.1, 0.15) is 40.0 Å². The molecule has 0 radical (unpaired) electrons. The van der Waals surface area contributed by atoms with Crippen molar-refractivity contribution >= 4 is 0 Å².